The van der Waals surface area contributed by atoms with Gasteiger partial charge < -0.3 is 10.6 Å². The summed E-state index contributed by atoms with van der Waals surface area (Å²) < 4.78 is 0. The van der Waals surface area contributed by atoms with Crippen LogP contribution in [0.1, 0.15) is 47.0 Å². The molecule has 2 aliphatic heterocycles. The third kappa shape index (κ3) is 7.54. The van der Waals surface area contributed by atoms with Crippen molar-refractivity contribution in [1.29, 1.82) is 0 Å². The summed E-state index contributed by atoms with van der Waals surface area (Å²) in [7, 11) is 0. The van der Waals surface area contributed by atoms with E-state index in [0.717, 1.165) is 32.1 Å². The van der Waals surface area contributed by atoms with Crippen molar-refractivity contribution in [2.24, 2.45) is 11.8 Å². The molecule has 0 aromatic carbocycles. The molecule has 2 fully saturated rings. The van der Waals surface area contributed by atoms with Gasteiger partial charge in [-0.05, 0) is 44.2 Å². The van der Waals surface area contributed by atoms with Gasteiger partial charge in [0, 0.05) is 13.1 Å². The van der Waals surface area contributed by atoms with Gasteiger partial charge in [0.1, 0.15) is 0 Å². The van der Waals surface area contributed by atoms with E-state index >= 15 is 0 Å². The van der Waals surface area contributed by atoms with Crippen LogP contribution in [0, 0.1) is 11.8 Å². The van der Waals surface area contributed by atoms with Gasteiger partial charge in [-0.15, -0.1) is 0 Å². The minimum atomic E-state index is 0.698. The maximum atomic E-state index is 4.03. The second-order valence-electron chi connectivity index (χ2n) is 5.23. The molecule has 0 aromatic heterocycles. The molecule has 112 valence electrons. The lowest BCUT2D eigenvalue weighted by Crippen LogP contribution is -2.30. The number of nitrogens with one attached hydrogen (secondary N) is 2. The van der Waals surface area contributed by atoms with Gasteiger partial charge in [0.05, 0.1) is 0 Å². The SMILES string of the molecule is C=C1CCNCC1C.C=C1CCNCC1CC.CC. The van der Waals surface area contributed by atoms with Gasteiger partial charge in [0.25, 0.3) is 0 Å². The third-order valence-corrected chi connectivity index (χ3v) is 3.85. The van der Waals surface area contributed by atoms with Crippen molar-refractivity contribution in [1.82, 2.24) is 10.6 Å². The van der Waals surface area contributed by atoms with Crippen molar-refractivity contribution in [3.8, 4) is 0 Å². The predicted octanol–water partition coefficient (Wildman–Crippen LogP) is 3.76. The fourth-order valence-electron chi connectivity index (χ4n) is 2.26. The molecule has 2 aliphatic rings. The summed E-state index contributed by atoms with van der Waals surface area (Å²) >= 11 is 0. The first-order valence-corrected chi connectivity index (χ1v) is 7.91. The van der Waals surface area contributed by atoms with Gasteiger partial charge in [-0.3, -0.25) is 0 Å². The standard InChI is InChI=1S/C8H15N.C7H13N.C2H6/c1-3-8-6-9-5-4-7(8)2;1-6-3-4-8-5-7(6)2;1-2/h8-9H,2-6H2,1H3;7-8H,1,3-5H2,2H3;1-2H3. The van der Waals surface area contributed by atoms with Crippen LogP contribution in [0.25, 0.3) is 0 Å². The van der Waals surface area contributed by atoms with E-state index < -0.39 is 0 Å². The molecule has 2 rings (SSSR count). The lowest BCUT2D eigenvalue weighted by atomic mass is 9.92. The molecule has 0 amide bonds. The highest BCUT2D eigenvalue weighted by Crippen LogP contribution is 2.18. The van der Waals surface area contributed by atoms with Crippen LogP contribution in [0.15, 0.2) is 24.3 Å². The summed E-state index contributed by atoms with van der Waals surface area (Å²) in [6.07, 6.45) is 3.59. The number of rotatable bonds is 1. The average molecular weight is 266 g/mol. The highest BCUT2D eigenvalue weighted by atomic mass is 14.9. The zero-order valence-electron chi connectivity index (χ0n) is 13.5. The minimum Gasteiger partial charge on any atom is -0.316 e. The van der Waals surface area contributed by atoms with E-state index in [9.17, 15) is 0 Å². The Morgan fingerprint density at radius 3 is 1.84 bits per heavy atom. The van der Waals surface area contributed by atoms with Crippen molar-refractivity contribution in [2.45, 2.75) is 47.0 Å². The minimum absolute atomic E-state index is 0.698. The molecular formula is C17H34N2. The topological polar surface area (TPSA) is 24.1 Å². The van der Waals surface area contributed by atoms with Crippen LogP contribution in [0.5, 0.6) is 0 Å². The molecule has 0 bridgehead atoms. The van der Waals surface area contributed by atoms with E-state index in [1.54, 1.807) is 0 Å². The fraction of sp³-hybridized carbons (Fsp3) is 0.765. The van der Waals surface area contributed by atoms with Gasteiger partial charge in [-0.2, -0.15) is 0 Å². The van der Waals surface area contributed by atoms with Gasteiger partial charge in [0.2, 0.25) is 0 Å². The molecule has 2 heteroatoms. The second kappa shape index (κ2) is 11.2. The van der Waals surface area contributed by atoms with Crippen molar-refractivity contribution in [3.63, 3.8) is 0 Å². The van der Waals surface area contributed by atoms with Gasteiger partial charge >= 0.3 is 0 Å². The Kier molecular flexibility index (Phi) is 10.9. The summed E-state index contributed by atoms with van der Waals surface area (Å²) in [5.74, 6) is 1.45. The Labute approximate surface area is 120 Å². The van der Waals surface area contributed by atoms with Crippen LogP contribution in [0.2, 0.25) is 0 Å². The molecule has 2 N–H and O–H groups in total. The first kappa shape index (κ1) is 18.4. The molecular weight excluding hydrogens is 232 g/mol. The van der Waals surface area contributed by atoms with Crippen LogP contribution in [0.3, 0.4) is 0 Å². The molecule has 0 radical (unpaired) electrons. The van der Waals surface area contributed by atoms with E-state index in [1.165, 1.54) is 30.4 Å². The van der Waals surface area contributed by atoms with Crippen LogP contribution < -0.4 is 10.6 Å². The highest BCUT2D eigenvalue weighted by molar-refractivity contribution is 5.04. The highest BCUT2D eigenvalue weighted by Gasteiger charge is 2.13. The molecule has 2 heterocycles. The van der Waals surface area contributed by atoms with Crippen molar-refractivity contribution in [2.75, 3.05) is 26.2 Å². The van der Waals surface area contributed by atoms with Gasteiger partial charge in [-0.1, -0.05) is 52.0 Å². The molecule has 19 heavy (non-hydrogen) atoms. The molecule has 0 saturated carbocycles. The largest absolute Gasteiger partial charge is 0.316 e. The maximum absolute atomic E-state index is 4.03. The Bertz CT molecular complexity index is 258. The lowest BCUT2D eigenvalue weighted by molar-refractivity contribution is 0.462. The number of piperidine rings is 2. The van der Waals surface area contributed by atoms with Crippen LogP contribution >= 0.6 is 0 Å². The molecule has 2 saturated heterocycles. The Morgan fingerprint density at radius 2 is 1.53 bits per heavy atom. The average Bonchev–Trinajstić information content (AvgIpc) is 2.46. The first-order valence-electron chi connectivity index (χ1n) is 7.91. The summed E-state index contributed by atoms with van der Waals surface area (Å²) in [5.41, 5.74) is 2.85. The van der Waals surface area contributed by atoms with Crippen LogP contribution in [-0.2, 0) is 0 Å². The summed E-state index contributed by atoms with van der Waals surface area (Å²) in [5, 5.41) is 6.66. The fourth-order valence-corrected chi connectivity index (χ4v) is 2.26. The van der Waals surface area contributed by atoms with E-state index in [2.05, 4.69) is 37.6 Å². The lowest BCUT2D eigenvalue weighted by Gasteiger charge is -2.23. The third-order valence-electron chi connectivity index (χ3n) is 3.85. The predicted molar refractivity (Wildman–Crippen MR) is 87.5 cm³/mol. The Balaban J connectivity index is 0.000000303. The molecule has 2 unspecified atom stereocenters. The van der Waals surface area contributed by atoms with Crippen molar-refractivity contribution in [3.05, 3.63) is 24.3 Å². The van der Waals surface area contributed by atoms with Crippen molar-refractivity contribution < 1.29 is 0 Å². The molecule has 2 nitrogen and oxygen atoms in total. The second-order valence-corrected chi connectivity index (χ2v) is 5.23. The monoisotopic (exact) mass is 266 g/mol. The number of hydrogen-bond donors (Lipinski definition) is 2. The normalized spacial score (nSPS) is 26.7. The van der Waals surface area contributed by atoms with E-state index in [-0.39, 0.29) is 0 Å². The molecule has 2 atom stereocenters. The maximum Gasteiger partial charge on any atom is 0.00168 e. The van der Waals surface area contributed by atoms with E-state index in [4.69, 9.17) is 0 Å². The quantitative estimate of drug-likeness (QED) is 0.706. The summed E-state index contributed by atoms with van der Waals surface area (Å²) in [6, 6.07) is 0. The summed E-state index contributed by atoms with van der Waals surface area (Å²) in [6.45, 7) is 21.0. The Morgan fingerprint density at radius 1 is 1.00 bits per heavy atom. The van der Waals surface area contributed by atoms with Gasteiger partial charge in [-0.25, -0.2) is 0 Å². The van der Waals surface area contributed by atoms with E-state index in [0.29, 0.717) is 5.92 Å². The Hall–Kier alpha value is -0.600. The summed E-state index contributed by atoms with van der Waals surface area (Å²) in [4.78, 5) is 0. The zero-order chi connectivity index (χ0) is 14.7. The smallest absolute Gasteiger partial charge is 0.00168 e. The zero-order valence-corrected chi connectivity index (χ0v) is 13.5. The molecule has 0 aliphatic carbocycles. The first-order chi connectivity index (χ1) is 9.15. The van der Waals surface area contributed by atoms with Crippen molar-refractivity contribution >= 4 is 0 Å². The molecule has 0 aromatic rings. The van der Waals surface area contributed by atoms with Gasteiger partial charge in [0.15, 0.2) is 0 Å². The van der Waals surface area contributed by atoms with Crippen LogP contribution in [-0.4, -0.2) is 26.2 Å². The number of hydrogen-bond acceptors (Lipinski definition) is 2. The van der Waals surface area contributed by atoms with Crippen LogP contribution in [0.4, 0.5) is 0 Å². The molecule has 0 spiro atoms. The van der Waals surface area contributed by atoms with E-state index in [1.807, 2.05) is 13.8 Å².